The second-order valence-corrected chi connectivity index (χ2v) is 8.89. The van der Waals surface area contributed by atoms with Gasteiger partial charge in [0.05, 0.1) is 9.81 Å². The van der Waals surface area contributed by atoms with Crippen LogP contribution in [0.3, 0.4) is 0 Å². The molecule has 0 heterocycles. The molecule has 1 aromatic carbocycles. The van der Waals surface area contributed by atoms with E-state index >= 15 is 0 Å². The Morgan fingerprint density at radius 1 is 0.654 bits per heavy atom. The molecule has 1 aliphatic rings. The van der Waals surface area contributed by atoms with Gasteiger partial charge in [-0.1, -0.05) is 76.6 Å². The van der Waals surface area contributed by atoms with Crippen molar-refractivity contribution in [3.05, 3.63) is 45.2 Å². The highest BCUT2D eigenvalue weighted by molar-refractivity contribution is 8.08. The van der Waals surface area contributed by atoms with E-state index in [1.54, 1.807) is 35.7 Å². The summed E-state index contributed by atoms with van der Waals surface area (Å²) in [5, 5.41) is 0. The largest absolute Gasteiger partial charge is 0.288 e. The first-order chi connectivity index (χ1) is 12.7. The Hall–Kier alpha value is -1.00. The van der Waals surface area contributed by atoms with Gasteiger partial charge in [-0.25, -0.2) is 0 Å². The fraction of sp³-hybridized carbons (Fsp3) is 0.545. The van der Waals surface area contributed by atoms with E-state index in [0.717, 1.165) is 24.3 Å². The van der Waals surface area contributed by atoms with Crippen molar-refractivity contribution < 1.29 is 9.59 Å². The van der Waals surface area contributed by atoms with Gasteiger partial charge in [0.15, 0.2) is 0 Å². The van der Waals surface area contributed by atoms with E-state index in [-0.39, 0.29) is 11.6 Å². The second kappa shape index (κ2) is 11.7. The molecule has 0 radical (unpaired) electrons. The van der Waals surface area contributed by atoms with Crippen LogP contribution in [0.25, 0.3) is 0 Å². The van der Waals surface area contributed by atoms with Crippen LogP contribution in [0, 0.1) is 0 Å². The van der Waals surface area contributed by atoms with Crippen LogP contribution < -0.4 is 0 Å². The van der Waals surface area contributed by atoms with Crippen molar-refractivity contribution in [3.63, 3.8) is 0 Å². The normalized spacial score (nSPS) is 14.1. The van der Waals surface area contributed by atoms with E-state index in [9.17, 15) is 9.59 Å². The number of carbonyl (C=O) groups is 2. The quantitative estimate of drug-likeness (QED) is 0.363. The maximum absolute atomic E-state index is 13.0. The molecule has 26 heavy (non-hydrogen) atoms. The molecule has 0 N–H and O–H groups in total. The third kappa shape index (κ3) is 5.75. The van der Waals surface area contributed by atoms with E-state index in [1.165, 1.54) is 38.5 Å². The lowest BCUT2D eigenvalue weighted by Crippen LogP contribution is -2.20. The molecule has 2 rings (SSSR count). The molecule has 0 aromatic heterocycles. The Kier molecular flexibility index (Phi) is 9.55. The zero-order chi connectivity index (χ0) is 18.8. The van der Waals surface area contributed by atoms with Crippen molar-refractivity contribution in [2.45, 2.75) is 65.2 Å². The van der Waals surface area contributed by atoms with Gasteiger partial charge in [-0.15, -0.1) is 23.5 Å². The second-order valence-electron chi connectivity index (χ2n) is 6.68. The molecular weight excluding hydrogens is 360 g/mol. The minimum absolute atomic E-state index is 0.0387. The Labute approximate surface area is 166 Å². The van der Waals surface area contributed by atoms with E-state index in [2.05, 4.69) is 13.8 Å². The highest BCUT2D eigenvalue weighted by Crippen LogP contribution is 2.38. The fourth-order valence-electron chi connectivity index (χ4n) is 3.00. The molecule has 2 nitrogen and oxygen atoms in total. The van der Waals surface area contributed by atoms with E-state index < -0.39 is 0 Å². The number of Topliss-reactive ketones (excluding diaryl/α,β-unsaturated/α-hetero) is 2. The Bertz CT molecular complexity index is 594. The molecule has 0 unspecified atom stereocenters. The molecule has 0 saturated heterocycles. The fourth-order valence-corrected chi connectivity index (χ4v) is 5.39. The summed E-state index contributed by atoms with van der Waals surface area (Å²) in [6.45, 7) is 4.40. The van der Waals surface area contributed by atoms with E-state index in [0.29, 0.717) is 20.9 Å². The van der Waals surface area contributed by atoms with Crippen molar-refractivity contribution in [3.8, 4) is 0 Å². The van der Waals surface area contributed by atoms with Crippen LogP contribution in [0.15, 0.2) is 34.1 Å². The maximum atomic E-state index is 13.0. The number of carbonyl (C=O) groups excluding carboxylic acids is 2. The van der Waals surface area contributed by atoms with E-state index in [4.69, 9.17) is 0 Å². The number of hydrogen-bond donors (Lipinski definition) is 0. The SMILES string of the molecule is CCCCCCSC1=C(SCCCCCC)C(=O)c2ccccc2C1=O. The summed E-state index contributed by atoms with van der Waals surface area (Å²) < 4.78 is 0. The van der Waals surface area contributed by atoms with Crippen molar-refractivity contribution in [1.29, 1.82) is 0 Å². The lowest BCUT2D eigenvalue weighted by atomic mass is 9.94. The summed E-state index contributed by atoms with van der Waals surface area (Å²) in [6.07, 6.45) is 9.44. The van der Waals surface area contributed by atoms with Crippen molar-refractivity contribution in [2.75, 3.05) is 11.5 Å². The smallest absolute Gasteiger partial charge is 0.201 e. The molecular formula is C22H30O2S2. The summed E-state index contributed by atoms with van der Waals surface area (Å²) in [5.41, 5.74) is 1.15. The third-order valence-electron chi connectivity index (χ3n) is 4.52. The summed E-state index contributed by atoms with van der Waals surface area (Å²) in [4.78, 5) is 27.3. The van der Waals surface area contributed by atoms with Gasteiger partial charge in [-0.3, -0.25) is 9.59 Å². The van der Waals surface area contributed by atoms with Gasteiger partial charge in [0.1, 0.15) is 0 Å². The number of allylic oxidation sites excluding steroid dienone is 2. The van der Waals surface area contributed by atoms with Crippen molar-refractivity contribution in [1.82, 2.24) is 0 Å². The lowest BCUT2D eigenvalue weighted by Gasteiger charge is -2.20. The number of rotatable bonds is 12. The molecule has 0 bridgehead atoms. The number of fused-ring (bicyclic) bond motifs is 1. The first-order valence-corrected chi connectivity index (χ1v) is 11.9. The molecule has 0 atom stereocenters. The zero-order valence-corrected chi connectivity index (χ0v) is 17.6. The molecule has 0 saturated carbocycles. The van der Waals surface area contributed by atoms with Gasteiger partial charge in [0.25, 0.3) is 0 Å². The average Bonchev–Trinajstić information content (AvgIpc) is 2.66. The zero-order valence-electron chi connectivity index (χ0n) is 16.0. The van der Waals surface area contributed by atoms with Crippen LogP contribution in [0.4, 0.5) is 0 Å². The maximum Gasteiger partial charge on any atom is 0.201 e. The molecule has 0 fully saturated rings. The average molecular weight is 391 g/mol. The Morgan fingerprint density at radius 3 is 1.46 bits per heavy atom. The number of ketones is 2. The summed E-state index contributed by atoms with van der Waals surface area (Å²) in [6, 6.07) is 7.26. The van der Waals surface area contributed by atoms with Crippen LogP contribution in [0.1, 0.15) is 85.9 Å². The van der Waals surface area contributed by atoms with Crippen LogP contribution >= 0.6 is 23.5 Å². The predicted octanol–water partition coefficient (Wildman–Crippen LogP) is 6.90. The van der Waals surface area contributed by atoms with Crippen LogP contribution in [-0.4, -0.2) is 23.1 Å². The van der Waals surface area contributed by atoms with Gasteiger partial charge in [-0.05, 0) is 24.3 Å². The minimum atomic E-state index is 0.0387. The molecule has 142 valence electrons. The van der Waals surface area contributed by atoms with Gasteiger partial charge < -0.3 is 0 Å². The van der Waals surface area contributed by atoms with Crippen LogP contribution in [-0.2, 0) is 0 Å². The number of hydrogen-bond acceptors (Lipinski definition) is 4. The standard InChI is InChI=1S/C22H30O2S2/c1-3-5-7-11-15-25-21-19(23)17-13-9-10-14-18(17)20(24)22(21)26-16-12-8-6-4-2/h9-10,13-14H,3-8,11-12,15-16H2,1-2H3. The predicted molar refractivity (Wildman–Crippen MR) is 115 cm³/mol. The highest BCUT2D eigenvalue weighted by atomic mass is 32.2. The summed E-state index contributed by atoms with van der Waals surface area (Å²) in [7, 11) is 0. The molecule has 0 spiro atoms. The lowest BCUT2D eigenvalue weighted by molar-refractivity contribution is 0.0988. The molecule has 0 aliphatic heterocycles. The molecule has 4 heteroatoms. The Morgan fingerprint density at radius 2 is 1.08 bits per heavy atom. The number of unbranched alkanes of at least 4 members (excludes halogenated alkanes) is 6. The van der Waals surface area contributed by atoms with E-state index in [1.807, 2.05) is 12.1 Å². The highest BCUT2D eigenvalue weighted by Gasteiger charge is 2.32. The van der Waals surface area contributed by atoms with Crippen LogP contribution in [0.2, 0.25) is 0 Å². The van der Waals surface area contributed by atoms with Crippen molar-refractivity contribution in [2.24, 2.45) is 0 Å². The van der Waals surface area contributed by atoms with Crippen LogP contribution in [0.5, 0.6) is 0 Å². The minimum Gasteiger partial charge on any atom is -0.288 e. The molecule has 0 amide bonds. The monoisotopic (exact) mass is 390 g/mol. The summed E-state index contributed by atoms with van der Waals surface area (Å²) in [5.74, 6) is 1.90. The van der Waals surface area contributed by atoms with Gasteiger partial charge in [-0.2, -0.15) is 0 Å². The van der Waals surface area contributed by atoms with Crippen molar-refractivity contribution >= 4 is 35.1 Å². The first-order valence-electron chi connectivity index (χ1n) is 9.89. The van der Waals surface area contributed by atoms with Gasteiger partial charge >= 0.3 is 0 Å². The third-order valence-corrected chi connectivity index (χ3v) is 6.99. The summed E-state index contributed by atoms with van der Waals surface area (Å²) >= 11 is 3.18. The number of thioether (sulfide) groups is 2. The topological polar surface area (TPSA) is 34.1 Å². The Balaban J connectivity index is 2.11. The first kappa shape index (κ1) is 21.3. The number of benzene rings is 1. The van der Waals surface area contributed by atoms with Gasteiger partial charge in [0.2, 0.25) is 11.6 Å². The molecule has 1 aromatic rings. The molecule has 1 aliphatic carbocycles. The van der Waals surface area contributed by atoms with Gasteiger partial charge in [0, 0.05) is 11.1 Å².